The molecule has 0 aliphatic carbocycles. The Morgan fingerprint density at radius 1 is 0.531 bits per heavy atom. The van der Waals surface area contributed by atoms with E-state index in [1.165, 1.54) is 24.3 Å². The highest BCUT2D eigenvalue weighted by atomic mass is 32.2. The van der Waals surface area contributed by atoms with Gasteiger partial charge in [-0.25, -0.2) is 13.6 Å². The van der Waals surface area contributed by atoms with Crippen LogP contribution in [0, 0.1) is 0 Å². The first-order chi connectivity index (χ1) is 38.9. The number of ether oxygens (including phenoxy) is 8. The number of phenolic OH excluding ortho intramolecular Hbond substituents is 3. The number of aromatic hydroxyl groups is 3. The van der Waals surface area contributed by atoms with Crippen LogP contribution in [0.25, 0.3) is 0 Å². The fraction of sp³-hybridized carbons (Fsp3) is 0.567. The number of nitrogens with one attached hydrogen (secondary N) is 2. The summed E-state index contributed by atoms with van der Waals surface area (Å²) in [5.74, 6) is -0.578. The van der Waals surface area contributed by atoms with E-state index in [-0.39, 0.29) is 84.3 Å². The first-order valence-corrected chi connectivity index (χ1v) is 30.1. The molecule has 0 aromatic heterocycles. The van der Waals surface area contributed by atoms with Gasteiger partial charge in [0, 0.05) is 48.1 Å². The van der Waals surface area contributed by atoms with E-state index in [4.69, 9.17) is 43.0 Å². The molecule has 4 fully saturated rings. The van der Waals surface area contributed by atoms with E-state index in [0.29, 0.717) is 112 Å². The minimum absolute atomic E-state index is 0.00565. The Hall–Kier alpha value is -5.27. The topological polar surface area (TPSA) is 293 Å². The third kappa shape index (κ3) is 19.1. The lowest BCUT2D eigenvalue weighted by Crippen LogP contribution is -2.45. The van der Waals surface area contributed by atoms with Gasteiger partial charge in [-0.3, -0.25) is 9.59 Å². The van der Waals surface area contributed by atoms with Gasteiger partial charge in [0.05, 0.1) is 72.5 Å². The van der Waals surface area contributed by atoms with Crippen molar-refractivity contribution in [3.8, 4) is 17.2 Å². The van der Waals surface area contributed by atoms with Crippen molar-refractivity contribution >= 4 is 27.5 Å². The number of hydrogen-bond acceptors (Lipinski definition) is 17. The van der Waals surface area contributed by atoms with Crippen LogP contribution in [-0.2, 0) is 57.5 Å². The lowest BCUT2D eigenvalue weighted by Gasteiger charge is -2.38. The number of rotatable bonds is 26. The van der Waals surface area contributed by atoms with Crippen LogP contribution in [0.5, 0.6) is 17.2 Å². The van der Waals surface area contributed by atoms with Crippen LogP contribution < -0.4 is 15.8 Å². The highest BCUT2D eigenvalue weighted by molar-refractivity contribution is 7.89. The molecule has 4 heterocycles. The van der Waals surface area contributed by atoms with Crippen molar-refractivity contribution in [3.05, 3.63) is 114 Å². The van der Waals surface area contributed by atoms with Gasteiger partial charge in [0.1, 0.15) is 17.2 Å². The smallest absolute Gasteiger partial charge is 0.238 e. The Morgan fingerprint density at radius 3 is 1.43 bits per heavy atom. The highest BCUT2D eigenvalue weighted by Crippen LogP contribution is 2.40. The number of primary sulfonamides is 1. The normalized spacial score (nSPS) is 27.9. The number of aliphatic hydroxyl groups is 2. The molecule has 4 aromatic rings. The van der Waals surface area contributed by atoms with E-state index in [1.807, 2.05) is 32.0 Å². The first kappa shape index (κ1) is 61.8. The van der Waals surface area contributed by atoms with E-state index in [9.17, 15) is 43.5 Å². The summed E-state index contributed by atoms with van der Waals surface area (Å²) in [6.45, 7) is 3.95. The molecule has 8 rings (SSSR count). The van der Waals surface area contributed by atoms with Crippen LogP contribution in [0.3, 0.4) is 0 Å². The van der Waals surface area contributed by atoms with Gasteiger partial charge >= 0.3 is 0 Å². The minimum atomic E-state index is -3.90. The summed E-state index contributed by atoms with van der Waals surface area (Å²) in [6, 6.07) is 26.2. The van der Waals surface area contributed by atoms with Gasteiger partial charge in [-0.1, -0.05) is 54.6 Å². The quantitative estimate of drug-likeness (QED) is 0.0292. The molecule has 9 N–H and O–H groups in total. The lowest BCUT2D eigenvalue weighted by molar-refractivity contribution is -0.251. The molecular formula is C60H81N3O17S. The lowest BCUT2D eigenvalue weighted by atomic mass is 9.95. The number of benzene rings is 4. The summed E-state index contributed by atoms with van der Waals surface area (Å²) in [4.78, 5) is 25.6. The number of hydrogen-bond donors (Lipinski definition) is 8. The zero-order chi connectivity index (χ0) is 57.5. The van der Waals surface area contributed by atoms with Crippen molar-refractivity contribution in [2.45, 2.75) is 214 Å². The molecule has 0 spiro atoms. The van der Waals surface area contributed by atoms with E-state index in [2.05, 4.69) is 10.6 Å². The predicted molar refractivity (Wildman–Crippen MR) is 297 cm³/mol. The Morgan fingerprint density at radius 2 is 0.926 bits per heavy atom. The Bertz CT molecular complexity index is 2740. The number of amides is 2. The Labute approximate surface area is 474 Å². The largest absolute Gasteiger partial charge is 0.507 e. The van der Waals surface area contributed by atoms with Gasteiger partial charge in [-0.15, -0.1) is 0 Å². The average molecular weight is 1150 g/mol. The fourth-order valence-electron chi connectivity index (χ4n) is 11.1. The van der Waals surface area contributed by atoms with Crippen molar-refractivity contribution in [2.24, 2.45) is 5.14 Å². The number of phenols is 3. The van der Waals surface area contributed by atoms with Gasteiger partial charge in [0.15, 0.2) is 25.2 Å². The standard InChI is InChI=1S/C60H81N3O17S/c1-37-30-42(77-58(73-37)49-18-3-6-21-52(49)66)16-11-17-43-35-47(76-57(75-43)36-62-55(69)28-29-56(70)63-39-24-26-48(27-25-39)81(61,71)72)33-41(65)13-10-15-45-34-44(78-60(79-45)51-20-5-8-23-54(51)68)14-9-12-40(64)32-46-31-38(2)74-59(80-46)50-19-4-7-22-53(50)67/h3-8,18-27,37-38,40-47,57-60,64-68H,9-17,28-36H2,1-2H3,(H,62,69)(H,63,70)(H2,61,71,72)/t37?,38-,40?,41?,42?,43?,44?,45?,46?,47?,57?,58?,59?,60?/m0/s1. The predicted octanol–water partition coefficient (Wildman–Crippen LogP) is 8.46. The summed E-state index contributed by atoms with van der Waals surface area (Å²) in [5, 5.41) is 65.1. The van der Waals surface area contributed by atoms with Crippen molar-refractivity contribution in [1.29, 1.82) is 0 Å². The van der Waals surface area contributed by atoms with Crippen molar-refractivity contribution < 1.29 is 81.4 Å². The van der Waals surface area contributed by atoms with Crippen molar-refractivity contribution in [1.82, 2.24) is 5.32 Å². The number of anilines is 1. The highest BCUT2D eigenvalue weighted by Gasteiger charge is 2.36. The van der Waals surface area contributed by atoms with Crippen LogP contribution in [0.2, 0.25) is 0 Å². The number of para-hydroxylation sites is 3. The molecule has 20 nitrogen and oxygen atoms in total. The monoisotopic (exact) mass is 1150 g/mol. The number of nitrogens with two attached hydrogens (primary N) is 1. The number of carbonyl (C=O) groups is 2. The van der Waals surface area contributed by atoms with Crippen molar-refractivity contribution in [3.63, 3.8) is 0 Å². The molecule has 0 bridgehead atoms. The third-order valence-corrected chi connectivity index (χ3v) is 16.2. The van der Waals surface area contributed by atoms with Crippen LogP contribution in [0.1, 0.15) is 159 Å². The summed E-state index contributed by atoms with van der Waals surface area (Å²) in [6.07, 6.45) is 2.37. The van der Waals surface area contributed by atoms with E-state index in [1.54, 1.807) is 54.6 Å². The number of aliphatic hydroxyl groups excluding tert-OH is 2. The molecule has 21 heteroatoms. The fourth-order valence-corrected chi connectivity index (χ4v) is 11.7. The second-order valence-corrected chi connectivity index (χ2v) is 23.5. The second kappa shape index (κ2) is 29.8. The summed E-state index contributed by atoms with van der Waals surface area (Å²) in [5.41, 5.74) is 2.00. The molecule has 4 aliphatic rings. The molecule has 4 aromatic carbocycles. The minimum Gasteiger partial charge on any atom is -0.507 e. The molecule has 0 radical (unpaired) electrons. The van der Waals surface area contributed by atoms with Gasteiger partial charge in [-0.05, 0) is 140 Å². The zero-order valence-electron chi connectivity index (χ0n) is 46.2. The van der Waals surface area contributed by atoms with Gasteiger partial charge in [0.25, 0.3) is 0 Å². The Balaban J connectivity index is 0.822. The van der Waals surface area contributed by atoms with Crippen LogP contribution >= 0.6 is 0 Å². The van der Waals surface area contributed by atoms with Gasteiger partial charge < -0.3 is 74.1 Å². The molecule has 13 unspecified atom stereocenters. The maximum atomic E-state index is 13.0. The second-order valence-electron chi connectivity index (χ2n) is 22.0. The van der Waals surface area contributed by atoms with Crippen LogP contribution in [0.4, 0.5) is 5.69 Å². The first-order valence-electron chi connectivity index (χ1n) is 28.5. The maximum Gasteiger partial charge on any atom is 0.238 e. The van der Waals surface area contributed by atoms with E-state index in [0.717, 1.165) is 6.42 Å². The van der Waals surface area contributed by atoms with Crippen LogP contribution in [-0.4, -0.2) is 120 Å². The third-order valence-electron chi connectivity index (χ3n) is 15.2. The Kier molecular flexibility index (Phi) is 22.7. The molecule has 0 saturated carbocycles. The molecule has 2 amide bonds. The zero-order valence-corrected chi connectivity index (χ0v) is 47.0. The van der Waals surface area contributed by atoms with Gasteiger partial charge in [0.2, 0.25) is 21.8 Å². The summed E-state index contributed by atoms with van der Waals surface area (Å²) in [7, 11) is -3.90. The molecule has 444 valence electrons. The van der Waals surface area contributed by atoms with Gasteiger partial charge in [-0.2, -0.15) is 0 Å². The summed E-state index contributed by atoms with van der Waals surface area (Å²) < 4.78 is 73.5. The van der Waals surface area contributed by atoms with Crippen molar-refractivity contribution in [2.75, 3.05) is 11.9 Å². The van der Waals surface area contributed by atoms with E-state index >= 15 is 0 Å². The number of sulfonamides is 1. The molecule has 81 heavy (non-hydrogen) atoms. The maximum absolute atomic E-state index is 13.0. The number of carbonyl (C=O) groups excluding carboxylic acids is 2. The SMILES string of the molecule is CC1CC(CCCC2CC(CC(O)CCCC3CC(CCCC(O)CC4C[C@H](C)OC(c5ccccc5O)O4)OC(c4ccccc4O)O3)OC(CNC(=O)CCC(=O)Nc3ccc(S(N)(=O)=O)cc3)O2)OC(c2ccccc2O)O1. The molecular weight excluding hydrogens is 1070 g/mol. The summed E-state index contributed by atoms with van der Waals surface area (Å²) >= 11 is 0. The molecule has 4 saturated heterocycles. The molecule has 14 atom stereocenters. The van der Waals surface area contributed by atoms with E-state index < -0.39 is 65.3 Å². The van der Waals surface area contributed by atoms with Crippen LogP contribution in [0.15, 0.2) is 102 Å². The molecule has 4 aliphatic heterocycles. The average Bonchev–Trinajstić information content (AvgIpc) is 3.47.